The van der Waals surface area contributed by atoms with Crippen LogP contribution in [0.4, 0.5) is 0 Å². The molecule has 1 aromatic heterocycles. The molecule has 3 aliphatic heterocycles. The van der Waals surface area contributed by atoms with Gasteiger partial charge in [0.05, 0.1) is 6.04 Å². The third-order valence-electron chi connectivity index (χ3n) is 6.45. The first kappa shape index (κ1) is 24.7. The number of primary amides is 1. The number of phenolic OH excluding ortho intramolecular Hbond substituents is 1. The van der Waals surface area contributed by atoms with E-state index >= 15 is 0 Å². The van der Waals surface area contributed by atoms with Gasteiger partial charge in [0.2, 0.25) is 17.0 Å². The van der Waals surface area contributed by atoms with Crippen LogP contribution in [0.15, 0.2) is 40.7 Å². The number of aromatic hydroxyl groups is 1. The Balaban J connectivity index is 0.00000171. The molecule has 4 atom stereocenters. The summed E-state index contributed by atoms with van der Waals surface area (Å²) in [7, 11) is 1.69. The van der Waals surface area contributed by atoms with Gasteiger partial charge in [0.25, 0.3) is 0 Å². The summed E-state index contributed by atoms with van der Waals surface area (Å²) in [6.45, 7) is 0.415. The number of nitrogens with zero attached hydrogens (tertiary/aromatic N) is 6. The molecule has 0 aliphatic carbocycles. The smallest absolute Gasteiger partial charge is 1.00 e. The number of benzene rings is 1. The normalized spacial score (nSPS) is 24.3. The predicted molar refractivity (Wildman–Crippen MR) is 115 cm³/mol. The van der Waals surface area contributed by atoms with Gasteiger partial charge in [-0.3, -0.25) is 19.4 Å². The molecule has 0 saturated carbocycles. The van der Waals surface area contributed by atoms with Gasteiger partial charge in [0, 0.05) is 19.3 Å². The first-order chi connectivity index (χ1) is 15.8. The van der Waals surface area contributed by atoms with Crippen LogP contribution in [0.5, 0.6) is 5.75 Å². The summed E-state index contributed by atoms with van der Waals surface area (Å²) in [6.07, 6.45) is 0.475. The van der Waals surface area contributed by atoms with E-state index in [4.69, 9.17) is 5.73 Å². The quantitative estimate of drug-likeness (QED) is 0.200. The second-order valence-electron chi connectivity index (χ2n) is 8.33. The number of thioether (sulfide) groups is 1. The number of β-lactam (4-membered cyclic amide) rings is 1. The molecule has 0 bridgehead atoms. The van der Waals surface area contributed by atoms with Crippen LogP contribution in [0.2, 0.25) is 0 Å². The minimum atomic E-state index is -1.16. The van der Waals surface area contributed by atoms with E-state index in [1.165, 1.54) is 33.5 Å². The Hall–Kier alpha value is -2.45. The zero-order valence-corrected chi connectivity index (χ0v) is 21.3. The fraction of sp³-hybridized carbons (Fsp3) is 0.400. The van der Waals surface area contributed by atoms with Crippen molar-refractivity contribution in [3.8, 4) is 5.75 Å². The number of amides is 2. The molecule has 2 aromatic rings. The maximum atomic E-state index is 13.2. The number of aromatic nitrogens is 4. The Labute approximate surface area is 221 Å². The molecule has 1 aromatic carbocycles. The number of carbonyl (C=O) groups is 3. The first-order valence-electron chi connectivity index (χ1n) is 10.3. The van der Waals surface area contributed by atoms with E-state index in [1.54, 1.807) is 24.1 Å². The minimum absolute atomic E-state index is 0. The molecule has 14 heteroatoms. The van der Waals surface area contributed by atoms with E-state index in [-0.39, 0.29) is 60.3 Å². The molecule has 2 amide bonds. The van der Waals surface area contributed by atoms with Gasteiger partial charge in [0.1, 0.15) is 23.5 Å². The number of tetrazole rings is 1. The van der Waals surface area contributed by atoms with Crippen molar-refractivity contribution in [1.29, 1.82) is 0 Å². The molecule has 2 saturated heterocycles. The van der Waals surface area contributed by atoms with E-state index in [0.29, 0.717) is 35.0 Å². The fourth-order valence-electron chi connectivity index (χ4n) is 5.14. The number of carboxylic acid groups (broad SMARTS) is 1. The van der Waals surface area contributed by atoms with Crippen LogP contribution in [0.25, 0.3) is 0 Å². The molecule has 4 heterocycles. The zero-order valence-electron chi connectivity index (χ0n) is 19.5. The monoisotopic (exact) mass is 495 g/mol. The zero-order chi connectivity index (χ0) is 23.4. The number of rotatable bonds is 7. The molecule has 12 nitrogen and oxygen atoms in total. The number of hydrogen-bond donors (Lipinski definition) is 3. The second kappa shape index (κ2) is 9.30. The SMILES string of the molecule is Cn1nnnc1SCC1=C(C(=O)O)N2C(=O)[C@@H]3[C@H]2[C@H](C1)CN3C(C(N)=O)c1ccc(O)cc1.[H-].[Na+]. The van der Waals surface area contributed by atoms with Crippen molar-refractivity contribution < 1.29 is 55.6 Å². The van der Waals surface area contributed by atoms with Gasteiger partial charge in [0.15, 0.2) is 0 Å². The Morgan fingerprint density at radius 1 is 1.32 bits per heavy atom. The maximum Gasteiger partial charge on any atom is 1.00 e. The van der Waals surface area contributed by atoms with Crippen LogP contribution in [0.3, 0.4) is 0 Å². The van der Waals surface area contributed by atoms with Crippen molar-refractivity contribution in [2.45, 2.75) is 29.7 Å². The molecule has 3 aliphatic rings. The summed E-state index contributed by atoms with van der Waals surface area (Å²) in [6, 6.07) is 4.33. The van der Waals surface area contributed by atoms with E-state index in [9.17, 15) is 24.6 Å². The minimum Gasteiger partial charge on any atom is -1.00 e. The van der Waals surface area contributed by atoms with Crippen LogP contribution >= 0.6 is 11.8 Å². The van der Waals surface area contributed by atoms with Gasteiger partial charge >= 0.3 is 35.5 Å². The van der Waals surface area contributed by atoms with E-state index < -0.39 is 24.0 Å². The standard InChI is InChI=1S/C20H21N7O5S.Na.H/c1-25-20(22-23-24-25)33-8-11-6-10-7-26(14(17(21)29)9-2-4-12(28)5-3-9)16-13(10)27(18(16)30)15(11)19(31)32;;/h2-5,10,13-14,16,28H,6-8H2,1H3,(H2,21,29)(H,31,32);;/q;+1;-1/t10-,13-,14?,16+;;/m1../s1. The number of likely N-dealkylation sites (tertiary alicyclic amines) is 1. The predicted octanol–water partition coefficient (Wildman–Crippen LogP) is -3.40. The Morgan fingerprint density at radius 3 is 2.62 bits per heavy atom. The number of aryl methyl sites for hydroxylation is 1. The van der Waals surface area contributed by atoms with Crippen LogP contribution in [-0.4, -0.2) is 82.4 Å². The summed E-state index contributed by atoms with van der Waals surface area (Å²) in [5.74, 6) is -1.78. The van der Waals surface area contributed by atoms with Gasteiger partial charge < -0.3 is 17.4 Å². The third kappa shape index (κ3) is 3.90. The summed E-state index contributed by atoms with van der Waals surface area (Å²) in [4.78, 5) is 40.8. The Bertz CT molecular complexity index is 1190. The Morgan fingerprint density at radius 2 is 2.03 bits per heavy atom. The van der Waals surface area contributed by atoms with Crippen LogP contribution in [0.1, 0.15) is 19.5 Å². The molecule has 2 fully saturated rings. The molecule has 34 heavy (non-hydrogen) atoms. The van der Waals surface area contributed by atoms with Crippen LogP contribution in [-0.2, 0) is 21.4 Å². The average molecular weight is 495 g/mol. The van der Waals surface area contributed by atoms with Crippen LogP contribution < -0.4 is 35.3 Å². The number of carbonyl (C=O) groups excluding carboxylic acids is 2. The number of aliphatic carboxylic acids is 1. The summed E-state index contributed by atoms with van der Waals surface area (Å²) >= 11 is 1.30. The first-order valence-corrected chi connectivity index (χ1v) is 11.2. The summed E-state index contributed by atoms with van der Waals surface area (Å²) in [5, 5.41) is 31.3. The van der Waals surface area contributed by atoms with Gasteiger partial charge in [-0.05, 0) is 46.0 Å². The van der Waals surface area contributed by atoms with Gasteiger partial charge in [-0.15, -0.1) is 5.10 Å². The average Bonchev–Trinajstić information content (AvgIpc) is 3.33. The maximum absolute atomic E-state index is 13.2. The number of carboxylic acids is 1. The van der Waals surface area contributed by atoms with Crippen molar-refractivity contribution in [3.63, 3.8) is 0 Å². The van der Waals surface area contributed by atoms with Gasteiger partial charge in [-0.1, -0.05) is 23.9 Å². The largest absolute Gasteiger partial charge is 1.00 e. The molecule has 0 spiro atoms. The number of phenols is 1. The van der Waals surface area contributed by atoms with E-state index in [0.717, 1.165) is 0 Å². The molecule has 1 unspecified atom stereocenters. The molecule has 174 valence electrons. The van der Waals surface area contributed by atoms with Crippen molar-refractivity contribution in [1.82, 2.24) is 30.0 Å². The molecular formula is C20H22N7NaO5S. The molecule has 5 rings (SSSR count). The molecule has 4 N–H and O–H groups in total. The topological polar surface area (TPSA) is 168 Å². The fourth-order valence-corrected chi connectivity index (χ4v) is 6.02. The third-order valence-corrected chi connectivity index (χ3v) is 7.55. The van der Waals surface area contributed by atoms with E-state index in [2.05, 4.69) is 15.5 Å². The number of hydrogen-bond acceptors (Lipinski definition) is 9. The summed E-state index contributed by atoms with van der Waals surface area (Å²) in [5.41, 5.74) is 6.93. The second-order valence-corrected chi connectivity index (χ2v) is 9.27. The molecular weight excluding hydrogens is 473 g/mol. The number of nitrogens with two attached hydrogens (primary N) is 1. The van der Waals surface area contributed by atoms with E-state index in [1.807, 2.05) is 0 Å². The van der Waals surface area contributed by atoms with Crippen molar-refractivity contribution in [3.05, 3.63) is 41.1 Å². The Kier molecular flexibility index (Phi) is 6.75. The van der Waals surface area contributed by atoms with Gasteiger partial charge in [-0.25, -0.2) is 9.48 Å². The van der Waals surface area contributed by atoms with Crippen LogP contribution in [0, 0.1) is 5.92 Å². The summed E-state index contributed by atoms with van der Waals surface area (Å²) < 4.78 is 1.49. The van der Waals surface area contributed by atoms with Crippen molar-refractivity contribution in [2.75, 3.05) is 12.3 Å². The van der Waals surface area contributed by atoms with Gasteiger partial charge in [-0.2, -0.15) is 0 Å². The molecule has 0 radical (unpaired) electrons. The van der Waals surface area contributed by atoms with Crippen molar-refractivity contribution in [2.24, 2.45) is 18.7 Å². The van der Waals surface area contributed by atoms with Crippen molar-refractivity contribution >= 4 is 29.5 Å².